The van der Waals surface area contributed by atoms with Gasteiger partial charge in [0, 0.05) is 12.1 Å². The van der Waals surface area contributed by atoms with Gasteiger partial charge in [-0.1, -0.05) is 30.3 Å². The second kappa shape index (κ2) is 5.33. The van der Waals surface area contributed by atoms with Crippen LogP contribution in [0.4, 0.5) is 14.5 Å². The van der Waals surface area contributed by atoms with Crippen LogP contribution in [0.1, 0.15) is 0 Å². The van der Waals surface area contributed by atoms with E-state index in [2.05, 4.69) is 15.9 Å². The Labute approximate surface area is 128 Å². The van der Waals surface area contributed by atoms with Gasteiger partial charge in [-0.25, -0.2) is 8.78 Å². The monoisotopic (exact) mass is 349 g/mol. The second-order valence-corrected chi connectivity index (χ2v) is 5.29. The maximum absolute atomic E-state index is 13.4. The SMILES string of the molecule is Nc1c(F)cc(F)cc1Oc1ccc2ccccc2c1Br. The Morgan fingerprint density at radius 3 is 2.52 bits per heavy atom. The number of nitrogens with two attached hydrogens (primary N) is 1. The van der Waals surface area contributed by atoms with Gasteiger partial charge in [0.1, 0.15) is 17.3 Å². The van der Waals surface area contributed by atoms with Gasteiger partial charge in [0.05, 0.1) is 4.47 Å². The first-order chi connectivity index (χ1) is 10.1. The summed E-state index contributed by atoms with van der Waals surface area (Å²) in [5.74, 6) is -1.20. The first kappa shape index (κ1) is 13.8. The number of benzene rings is 3. The minimum Gasteiger partial charge on any atom is -0.454 e. The summed E-state index contributed by atoms with van der Waals surface area (Å²) in [6.07, 6.45) is 0. The van der Waals surface area contributed by atoms with Crippen molar-refractivity contribution in [3.63, 3.8) is 0 Å². The number of rotatable bonds is 2. The van der Waals surface area contributed by atoms with Crippen LogP contribution in [-0.2, 0) is 0 Å². The van der Waals surface area contributed by atoms with E-state index >= 15 is 0 Å². The molecule has 0 amide bonds. The normalized spacial score (nSPS) is 10.8. The van der Waals surface area contributed by atoms with Crippen molar-refractivity contribution in [1.82, 2.24) is 0 Å². The molecule has 0 aliphatic heterocycles. The fraction of sp³-hybridized carbons (Fsp3) is 0. The van der Waals surface area contributed by atoms with Gasteiger partial charge in [0.15, 0.2) is 11.6 Å². The van der Waals surface area contributed by atoms with E-state index in [0.717, 1.165) is 22.9 Å². The zero-order valence-corrected chi connectivity index (χ0v) is 12.3. The third-order valence-corrected chi connectivity index (χ3v) is 3.92. The summed E-state index contributed by atoms with van der Waals surface area (Å²) >= 11 is 3.45. The lowest BCUT2D eigenvalue weighted by atomic mass is 10.1. The summed E-state index contributed by atoms with van der Waals surface area (Å²) < 4.78 is 33.0. The van der Waals surface area contributed by atoms with Crippen molar-refractivity contribution in [3.8, 4) is 11.5 Å². The Bertz CT molecular complexity index is 836. The second-order valence-electron chi connectivity index (χ2n) is 4.50. The van der Waals surface area contributed by atoms with Gasteiger partial charge in [-0.05, 0) is 32.8 Å². The quantitative estimate of drug-likeness (QED) is 0.641. The molecule has 0 atom stereocenters. The fourth-order valence-corrected chi connectivity index (χ4v) is 2.63. The molecule has 0 saturated heterocycles. The van der Waals surface area contributed by atoms with Crippen LogP contribution < -0.4 is 10.5 Å². The molecule has 0 heterocycles. The molecule has 3 aromatic carbocycles. The molecule has 0 aliphatic rings. The highest BCUT2D eigenvalue weighted by molar-refractivity contribution is 9.10. The Hall–Kier alpha value is -2.14. The first-order valence-corrected chi connectivity index (χ1v) is 6.95. The van der Waals surface area contributed by atoms with Gasteiger partial charge < -0.3 is 10.5 Å². The number of anilines is 1. The van der Waals surface area contributed by atoms with E-state index in [-0.39, 0.29) is 11.4 Å². The average molecular weight is 350 g/mol. The van der Waals surface area contributed by atoms with Crippen LogP contribution in [0.25, 0.3) is 10.8 Å². The summed E-state index contributed by atoms with van der Waals surface area (Å²) in [6.45, 7) is 0. The van der Waals surface area contributed by atoms with Crippen LogP contribution in [0, 0.1) is 11.6 Å². The lowest BCUT2D eigenvalue weighted by Crippen LogP contribution is -1.97. The van der Waals surface area contributed by atoms with Crippen molar-refractivity contribution in [1.29, 1.82) is 0 Å². The van der Waals surface area contributed by atoms with Crippen LogP contribution in [0.3, 0.4) is 0 Å². The zero-order valence-electron chi connectivity index (χ0n) is 10.7. The molecule has 2 nitrogen and oxygen atoms in total. The molecule has 3 aromatic rings. The van der Waals surface area contributed by atoms with Crippen LogP contribution >= 0.6 is 15.9 Å². The van der Waals surface area contributed by atoms with Gasteiger partial charge in [-0.3, -0.25) is 0 Å². The van der Waals surface area contributed by atoms with E-state index in [0.29, 0.717) is 10.2 Å². The van der Waals surface area contributed by atoms with Gasteiger partial charge in [-0.15, -0.1) is 0 Å². The molecule has 0 aromatic heterocycles. The predicted octanol–water partition coefficient (Wildman–Crippen LogP) is 5.26. The van der Waals surface area contributed by atoms with Crippen molar-refractivity contribution < 1.29 is 13.5 Å². The maximum Gasteiger partial charge on any atom is 0.156 e. The summed E-state index contributed by atoms with van der Waals surface area (Å²) in [4.78, 5) is 0. The van der Waals surface area contributed by atoms with Crippen LogP contribution in [-0.4, -0.2) is 0 Å². The molecule has 0 unspecified atom stereocenters. The standard InChI is InChI=1S/C16H10BrF2NO/c17-15-11-4-2-1-3-9(11)5-6-13(15)21-14-8-10(18)7-12(19)16(14)20/h1-8H,20H2. The molecule has 0 saturated carbocycles. The van der Waals surface area contributed by atoms with E-state index in [9.17, 15) is 8.78 Å². The summed E-state index contributed by atoms with van der Waals surface area (Å²) in [7, 11) is 0. The first-order valence-electron chi connectivity index (χ1n) is 6.16. The number of fused-ring (bicyclic) bond motifs is 1. The molecule has 0 bridgehead atoms. The van der Waals surface area contributed by atoms with Gasteiger partial charge in [0.25, 0.3) is 0 Å². The zero-order chi connectivity index (χ0) is 15.0. The Kier molecular flexibility index (Phi) is 3.51. The van der Waals surface area contributed by atoms with Crippen molar-refractivity contribution in [2.75, 3.05) is 5.73 Å². The topological polar surface area (TPSA) is 35.2 Å². The molecule has 0 spiro atoms. The summed E-state index contributed by atoms with van der Waals surface area (Å²) in [5, 5.41) is 1.96. The van der Waals surface area contributed by atoms with E-state index in [1.165, 1.54) is 0 Å². The van der Waals surface area contributed by atoms with E-state index < -0.39 is 11.6 Å². The average Bonchev–Trinajstić information content (AvgIpc) is 2.47. The third-order valence-electron chi connectivity index (χ3n) is 3.10. The van der Waals surface area contributed by atoms with Gasteiger partial charge >= 0.3 is 0 Å². The van der Waals surface area contributed by atoms with E-state index in [1.54, 1.807) is 6.07 Å². The summed E-state index contributed by atoms with van der Waals surface area (Å²) in [6, 6.07) is 13.1. The molecule has 106 valence electrons. The number of nitrogen functional groups attached to an aromatic ring is 1. The van der Waals surface area contributed by atoms with Crippen molar-refractivity contribution >= 4 is 32.4 Å². The van der Waals surface area contributed by atoms with Crippen molar-refractivity contribution in [2.24, 2.45) is 0 Å². The summed E-state index contributed by atoms with van der Waals surface area (Å²) in [5.41, 5.74) is 5.35. The molecule has 3 rings (SSSR count). The Morgan fingerprint density at radius 2 is 1.71 bits per heavy atom. The van der Waals surface area contributed by atoms with Crippen molar-refractivity contribution in [3.05, 3.63) is 64.6 Å². The molecule has 21 heavy (non-hydrogen) atoms. The Morgan fingerprint density at radius 1 is 0.952 bits per heavy atom. The third kappa shape index (κ3) is 2.56. The predicted molar refractivity (Wildman–Crippen MR) is 82.5 cm³/mol. The highest BCUT2D eigenvalue weighted by Crippen LogP contribution is 2.38. The number of hydrogen-bond acceptors (Lipinski definition) is 2. The minimum absolute atomic E-state index is 0.0523. The molecule has 0 fully saturated rings. The van der Waals surface area contributed by atoms with Crippen LogP contribution in [0.5, 0.6) is 11.5 Å². The maximum atomic E-state index is 13.4. The fourth-order valence-electron chi connectivity index (χ4n) is 2.06. The molecular weight excluding hydrogens is 340 g/mol. The molecule has 0 aliphatic carbocycles. The van der Waals surface area contributed by atoms with E-state index in [4.69, 9.17) is 10.5 Å². The van der Waals surface area contributed by atoms with Crippen LogP contribution in [0.2, 0.25) is 0 Å². The highest BCUT2D eigenvalue weighted by Gasteiger charge is 2.13. The molecule has 0 radical (unpaired) electrons. The lowest BCUT2D eigenvalue weighted by Gasteiger charge is -2.12. The van der Waals surface area contributed by atoms with Gasteiger partial charge in [0.2, 0.25) is 0 Å². The van der Waals surface area contributed by atoms with E-state index in [1.807, 2.05) is 30.3 Å². The molecule has 5 heteroatoms. The molecular formula is C16H10BrF2NO. The number of ether oxygens (including phenoxy) is 1. The number of halogens is 3. The van der Waals surface area contributed by atoms with Gasteiger partial charge in [-0.2, -0.15) is 0 Å². The van der Waals surface area contributed by atoms with Crippen molar-refractivity contribution in [2.45, 2.75) is 0 Å². The smallest absolute Gasteiger partial charge is 0.156 e. The highest BCUT2D eigenvalue weighted by atomic mass is 79.9. The molecule has 2 N–H and O–H groups in total. The Balaban J connectivity index is 2.08. The minimum atomic E-state index is -0.845. The lowest BCUT2D eigenvalue weighted by molar-refractivity contribution is 0.470. The largest absolute Gasteiger partial charge is 0.454 e. The number of hydrogen-bond donors (Lipinski definition) is 1. The van der Waals surface area contributed by atoms with Crippen LogP contribution in [0.15, 0.2) is 53.0 Å².